The summed E-state index contributed by atoms with van der Waals surface area (Å²) in [6.45, 7) is 0. The molecule has 0 aliphatic rings. The van der Waals surface area contributed by atoms with Gasteiger partial charge in [0, 0.05) is 27.6 Å². The molecular weight excluding hydrogens is 381 g/mol. The van der Waals surface area contributed by atoms with Gasteiger partial charge in [-0.1, -0.05) is 6.07 Å². The van der Waals surface area contributed by atoms with E-state index in [1.165, 1.54) is 0 Å². The lowest BCUT2D eigenvalue weighted by Crippen LogP contribution is -2.24. The minimum absolute atomic E-state index is 0.166. The topological polar surface area (TPSA) is 70.2 Å². The smallest absolute Gasteiger partial charge is 0.318 e. The highest BCUT2D eigenvalue weighted by Crippen LogP contribution is 2.15. The molecule has 0 bridgehead atoms. The molecule has 5 nitrogen and oxygen atoms in total. The largest absolute Gasteiger partial charge is 0.341 e. The summed E-state index contributed by atoms with van der Waals surface area (Å²) in [7, 11) is 1.55. The average molecular weight is 395 g/mol. The third kappa shape index (κ3) is 4.45. The lowest BCUT2D eigenvalue weighted by Gasteiger charge is -2.08. The molecule has 0 radical (unpaired) electrons. The summed E-state index contributed by atoms with van der Waals surface area (Å²) in [4.78, 5) is 23.2. The summed E-state index contributed by atoms with van der Waals surface area (Å²) in [6.07, 6.45) is 0. The Balaban J connectivity index is 2.03. The molecule has 0 aromatic heterocycles. The van der Waals surface area contributed by atoms with Gasteiger partial charge in [0.25, 0.3) is 5.91 Å². The van der Waals surface area contributed by atoms with Crippen molar-refractivity contribution >= 4 is 45.9 Å². The predicted molar refractivity (Wildman–Crippen MR) is 91.6 cm³/mol. The molecular formula is C15H14IN3O2. The van der Waals surface area contributed by atoms with Gasteiger partial charge in [0.15, 0.2) is 0 Å². The molecule has 0 saturated carbocycles. The normalized spacial score (nSPS) is 9.81. The second kappa shape index (κ2) is 7.07. The Kier molecular flexibility index (Phi) is 5.15. The first-order valence-electron chi connectivity index (χ1n) is 6.24. The predicted octanol–water partition coefficient (Wildman–Crippen LogP) is 3.29. The minimum atomic E-state index is -0.286. The van der Waals surface area contributed by atoms with Gasteiger partial charge in [-0.2, -0.15) is 0 Å². The van der Waals surface area contributed by atoms with Crippen LogP contribution < -0.4 is 16.0 Å². The lowest BCUT2D eigenvalue weighted by atomic mass is 10.2. The highest BCUT2D eigenvalue weighted by Gasteiger charge is 2.06. The summed E-state index contributed by atoms with van der Waals surface area (Å²) >= 11 is 2.16. The average Bonchev–Trinajstić information content (AvgIpc) is 2.49. The van der Waals surface area contributed by atoms with Crippen molar-refractivity contribution in [2.45, 2.75) is 0 Å². The SMILES string of the molecule is CNC(=O)Nc1ccc(NC(=O)c2cccc(I)c2)cc1. The number of amides is 3. The molecule has 0 saturated heterocycles. The highest BCUT2D eigenvalue weighted by atomic mass is 127. The maximum absolute atomic E-state index is 12.1. The zero-order valence-electron chi connectivity index (χ0n) is 11.3. The van der Waals surface area contributed by atoms with Crippen LogP contribution in [0.4, 0.5) is 16.2 Å². The number of halogens is 1. The van der Waals surface area contributed by atoms with Gasteiger partial charge in [0.1, 0.15) is 0 Å². The molecule has 0 heterocycles. The van der Waals surface area contributed by atoms with E-state index in [1.807, 2.05) is 18.2 Å². The number of rotatable bonds is 3. The van der Waals surface area contributed by atoms with Crippen molar-refractivity contribution in [3.05, 3.63) is 57.7 Å². The standard InChI is InChI=1S/C15H14IN3O2/c1-17-15(21)19-13-7-5-12(6-8-13)18-14(20)10-3-2-4-11(16)9-10/h2-9H,1H3,(H,18,20)(H2,17,19,21). The molecule has 0 fully saturated rings. The summed E-state index contributed by atoms with van der Waals surface area (Å²) in [5.74, 6) is -0.166. The van der Waals surface area contributed by atoms with Gasteiger partial charge in [-0.3, -0.25) is 4.79 Å². The molecule has 2 aromatic carbocycles. The third-order valence-electron chi connectivity index (χ3n) is 2.71. The van der Waals surface area contributed by atoms with Gasteiger partial charge in [-0.25, -0.2) is 4.79 Å². The van der Waals surface area contributed by atoms with E-state index < -0.39 is 0 Å². The van der Waals surface area contributed by atoms with Gasteiger partial charge in [-0.15, -0.1) is 0 Å². The van der Waals surface area contributed by atoms with Crippen LogP contribution in [0, 0.1) is 3.57 Å². The Bertz CT molecular complexity index is 656. The van der Waals surface area contributed by atoms with Crippen LogP contribution in [0.2, 0.25) is 0 Å². The molecule has 2 rings (SSSR count). The van der Waals surface area contributed by atoms with Gasteiger partial charge in [0.05, 0.1) is 0 Å². The fraction of sp³-hybridized carbons (Fsp3) is 0.0667. The van der Waals surface area contributed by atoms with Crippen molar-refractivity contribution in [3.63, 3.8) is 0 Å². The van der Waals surface area contributed by atoms with Crippen LogP contribution in [0.3, 0.4) is 0 Å². The van der Waals surface area contributed by atoms with Crippen LogP contribution in [-0.2, 0) is 0 Å². The van der Waals surface area contributed by atoms with Crippen LogP contribution in [0.25, 0.3) is 0 Å². The number of benzene rings is 2. The Hall–Kier alpha value is -2.09. The molecule has 0 spiro atoms. The first-order chi connectivity index (χ1) is 10.1. The second-order valence-corrected chi connectivity index (χ2v) is 5.49. The molecule has 0 aliphatic heterocycles. The lowest BCUT2D eigenvalue weighted by molar-refractivity contribution is 0.102. The van der Waals surface area contributed by atoms with E-state index in [2.05, 4.69) is 38.5 Å². The molecule has 2 aromatic rings. The first kappa shape index (κ1) is 15.3. The fourth-order valence-corrected chi connectivity index (χ4v) is 2.21. The van der Waals surface area contributed by atoms with Crippen LogP contribution in [0.5, 0.6) is 0 Å². The Morgan fingerprint density at radius 1 is 0.952 bits per heavy atom. The summed E-state index contributed by atoms with van der Waals surface area (Å²) < 4.78 is 1.00. The summed E-state index contributed by atoms with van der Waals surface area (Å²) in [6, 6.07) is 14.0. The van der Waals surface area contributed by atoms with Crippen molar-refractivity contribution in [3.8, 4) is 0 Å². The number of carbonyl (C=O) groups excluding carboxylic acids is 2. The molecule has 108 valence electrons. The van der Waals surface area contributed by atoms with Gasteiger partial charge >= 0.3 is 6.03 Å². The number of hydrogen-bond acceptors (Lipinski definition) is 2. The van der Waals surface area contributed by atoms with E-state index in [4.69, 9.17) is 0 Å². The van der Waals surface area contributed by atoms with Crippen molar-refractivity contribution in [1.29, 1.82) is 0 Å². The Morgan fingerprint density at radius 2 is 1.57 bits per heavy atom. The molecule has 0 atom stereocenters. The van der Waals surface area contributed by atoms with Gasteiger partial charge < -0.3 is 16.0 Å². The van der Waals surface area contributed by atoms with Crippen molar-refractivity contribution in [1.82, 2.24) is 5.32 Å². The van der Waals surface area contributed by atoms with Crippen molar-refractivity contribution in [2.75, 3.05) is 17.7 Å². The number of nitrogens with one attached hydrogen (secondary N) is 3. The Morgan fingerprint density at radius 3 is 2.14 bits per heavy atom. The maximum Gasteiger partial charge on any atom is 0.318 e. The van der Waals surface area contributed by atoms with E-state index in [0.29, 0.717) is 16.9 Å². The first-order valence-corrected chi connectivity index (χ1v) is 7.32. The van der Waals surface area contributed by atoms with Crippen molar-refractivity contribution < 1.29 is 9.59 Å². The van der Waals surface area contributed by atoms with E-state index in [-0.39, 0.29) is 11.9 Å². The fourth-order valence-electron chi connectivity index (χ4n) is 1.66. The summed E-state index contributed by atoms with van der Waals surface area (Å²) in [5.41, 5.74) is 1.93. The minimum Gasteiger partial charge on any atom is -0.341 e. The number of carbonyl (C=O) groups is 2. The van der Waals surface area contributed by atoms with E-state index in [1.54, 1.807) is 37.4 Å². The van der Waals surface area contributed by atoms with Crippen LogP contribution >= 0.6 is 22.6 Å². The maximum atomic E-state index is 12.1. The zero-order chi connectivity index (χ0) is 15.2. The molecule has 0 unspecified atom stereocenters. The van der Waals surface area contributed by atoms with Crippen molar-refractivity contribution in [2.24, 2.45) is 0 Å². The molecule has 3 N–H and O–H groups in total. The number of hydrogen-bond donors (Lipinski definition) is 3. The summed E-state index contributed by atoms with van der Waals surface area (Å²) in [5, 5.41) is 7.92. The second-order valence-electron chi connectivity index (χ2n) is 4.25. The van der Waals surface area contributed by atoms with E-state index in [0.717, 1.165) is 3.57 Å². The zero-order valence-corrected chi connectivity index (χ0v) is 13.5. The highest BCUT2D eigenvalue weighted by molar-refractivity contribution is 14.1. The molecule has 21 heavy (non-hydrogen) atoms. The third-order valence-corrected chi connectivity index (χ3v) is 3.39. The number of urea groups is 1. The van der Waals surface area contributed by atoms with Crippen LogP contribution in [0.1, 0.15) is 10.4 Å². The molecule has 6 heteroatoms. The Labute approximate surface area is 136 Å². The molecule has 0 aliphatic carbocycles. The monoisotopic (exact) mass is 395 g/mol. The van der Waals surface area contributed by atoms with E-state index in [9.17, 15) is 9.59 Å². The van der Waals surface area contributed by atoms with Gasteiger partial charge in [-0.05, 0) is 65.1 Å². The van der Waals surface area contributed by atoms with Crippen LogP contribution in [-0.4, -0.2) is 19.0 Å². The number of anilines is 2. The quantitative estimate of drug-likeness (QED) is 0.699. The molecule has 3 amide bonds. The van der Waals surface area contributed by atoms with Gasteiger partial charge in [0.2, 0.25) is 0 Å². The van der Waals surface area contributed by atoms with E-state index >= 15 is 0 Å². The van der Waals surface area contributed by atoms with Crippen LogP contribution in [0.15, 0.2) is 48.5 Å².